The Balaban J connectivity index is 4.36. The minimum atomic E-state index is -4.32. The second kappa shape index (κ2) is 38.2. The molecule has 3 unspecified atom stereocenters. The molecule has 3 N–H and O–H groups in total. The van der Waals surface area contributed by atoms with E-state index >= 15 is 0 Å². The molecule has 0 aromatic rings. The molecule has 0 spiro atoms. The van der Waals surface area contributed by atoms with Crippen LogP contribution in [0.25, 0.3) is 0 Å². The van der Waals surface area contributed by atoms with Crippen molar-refractivity contribution in [3.8, 4) is 0 Å². The van der Waals surface area contributed by atoms with Gasteiger partial charge in [0.25, 0.3) is 0 Å². The molecule has 55 heavy (non-hydrogen) atoms. The summed E-state index contributed by atoms with van der Waals surface area (Å²) in [6.45, 7) is 4.77. The monoisotopic (exact) mass is 798 g/mol. The number of quaternary nitrogens is 1. The maximum Gasteiger partial charge on any atom is 0.472 e. The second-order valence-electron chi connectivity index (χ2n) is 16.8. The van der Waals surface area contributed by atoms with Crippen LogP contribution < -0.4 is 5.32 Å². The molecule has 0 heterocycles. The topological polar surface area (TPSA) is 105 Å². The van der Waals surface area contributed by atoms with E-state index in [-0.39, 0.29) is 19.1 Å². The Morgan fingerprint density at radius 3 is 1.60 bits per heavy atom. The van der Waals surface area contributed by atoms with E-state index in [0.717, 1.165) is 64.2 Å². The molecule has 0 aliphatic rings. The number of nitrogens with zero attached hydrogens (tertiary/aromatic N) is 1. The molecule has 3 atom stereocenters. The number of unbranched alkanes of at least 4 members (excludes halogenated alkanes) is 22. The lowest BCUT2D eigenvalue weighted by atomic mass is 10.0. The number of likely N-dealkylation sites (N-methyl/N-ethyl adjacent to an activating group) is 1. The minimum Gasteiger partial charge on any atom is -0.391 e. The molecule has 0 bridgehead atoms. The molecule has 8 nitrogen and oxygen atoms in total. The van der Waals surface area contributed by atoms with Crippen LogP contribution in [0.5, 0.6) is 0 Å². The van der Waals surface area contributed by atoms with Crippen molar-refractivity contribution in [1.29, 1.82) is 0 Å². The predicted molar refractivity (Wildman–Crippen MR) is 235 cm³/mol. The molecule has 0 aliphatic heterocycles. The van der Waals surface area contributed by atoms with Gasteiger partial charge in [-0.05, 0) is 44.9 Å². The van der Waals surface area contributed by atoms with E-state index in [9.17, 15) is 19.4 Å². The Morgan fingerprint density at radius 1 is 0.636 bits per heavy atom. The fourth-order valence-corrected chi connectivity index (χ4v) is 7.27. The Morgan fingerprint density at radius 2 is 1.09 bits per heavy atom. The van der Waals surface area contributed by atoms with Gasteiger partial charge in [-0.2, -0.15) is 0 Å². The summed E-state index contributed by atoms with van der Waals surface area (Å²) in [5.74, 6) is -0.155. The van der Waals surface area contributed by atoms with E-state index < -0.39 is 20.0 Å². The average Bonchev–Trinajstić information content (AvgIpc) is 3.13. The summed E-state index contributed by atoms with van der Waals surface area (Å²) >= 11 is 0. The maximum atomic E-state index is 12.9. The van der Waals surface area contributed by atoms with Gasteiger partial charge in [0.15, 0.2) is 0 Å². The molecule has 0 aromatic carbocycles. The number of aliphatic hydroxyl groups excluding tert-OH is 1. The number of carbonyl (C=O) groups excluding carboxylic acids is 1. The number of amides is 1. The third-order valence-electron chi connectivity index (χ3n) is 10.2. The summed E-state index contributed by atoms with van der Waals surface area (Å²) in [6.07, 6.45) is 45.9. The standard InChI is InChI=1S/C46H89N2O6P/c1-6-8-10-12-14-16-18-20-22-24-26-28-30-32-34-36-38-40-46(50)47-44(43-54-55(51,52)53-42-41-48(3,4)5)45(49)39-37-35-33-31-29-27-25-23-21-19-17-15-13-11-9-7-2/h8,10,14,16,20,22,44-45,49H,6-7,9,11-13,15,17-19,21,23-43H2,1-5H3,(H-,47,50,51,52)/p+1/b10-8-,16-14-,22-20-. The first kappa shape index (κ1) is 53.7. The quantitative estimate of drug-likeness (QED) is 0.0246. The number of rotatable bonds is 41. The lowest BCUT2D eigenvalue weighted by Crippen LogP contribution is -2.46. The highest BCUT2D eigenvalue weighted by atomic mass is 31.2. The van der Waals surface area contributed by atoms with Gasteiger partial charge >= 0.3 is 7.82 Å². The van der Waals surface area contributed by atoms with E-state index in [0.29, 0.717) is 23.9 Å². The van der Waals surface area contributed by atoms with Crippen molar-refractivity contribution in [1.82, 2.24) is 5.32 Å². The van der Waals surface area contributed by atoms with Crippen molar-refractivity contribution in [2.45, 2.75) is 212 Å². The molecule has 0 aliphatic carbocycles. The van der Waals surface area contributed by atoms with Crippen LogP contribution in [0.1, 0.15) is 200 Å². The van der Waals surface area contributed by atoms with Crippen molar-refractivity contribution in [2.75, 3.05) is 40.9 Å². The van der Waals surface area contributed by atoms with Gasteiger partial charge in [-0.1, -0.05) is 185 Å². The minimum absolute atomic E-state index is 0.0720. The number of nitrogens with one attached hydrogen (secondary N) is 1. The zero-order chi connectivity index (χ0) is 40.7. The van der Waals surface area contributed by atoms with Crippen molar-refractivity contribution < 1.29 is 32.9 Å². The fraction of sp³-hybridized carbons (Fsp3) is 0.848. The van der Waals surface area contributed by atoms with E-state index in [4.69, 9.17) is 9.05 Å². The molecule has 1 amide bonds. The first-order valence-corrected chi connectivity index (χ1v) is 24.3. The van der Waals surface area contributed by atoms with Crippen molar-refractivity contribution in [2.24, 2.45) is 0 Å². The normalized spacial score (nSPS) is 14.7. The van der Waals surface area contributed by atoms with Crippen LogP contribution in [0.4, 0.5) is 0 Å². The van der Waals surface area contributed by atoms with Crippen LogP contribution in [0.3, 0.4) is 0 Å². The summed E-state index contributed by atoms with van der Waals surface area (Å²) in [5, 5.41) is 14.0. The lowest BCUT2D eigenvalue weighted by molar-refractivity contribution is -0.870. The predicted octanol–water partition coefficient (Wildman–Crippen LogP) is 12.7. The summed E-state index contributed by atoms with van der Waals surface area (Å²) in [7, 11) is 1.61. The van der Waals surface area contributed by atoms with Gasteiger partial charge in [-0.3, -0.25) is 13.8 Å². The van der Waals surface area contributed by atoms with Crippen molar-refractivity contribution in [3.63, 3.8) is 0 Å². The van der Waals surface area contributed by atoms with Crippen LogP contribution in [0.15, 0.2) is 36.5 Å². The van der Waals surface area contributed by atoms with Gasteiger partial charge in [0.05, 0.1) is 39.9 Å². The molecule has 9 heteroatoms. The fourth-order valence-electron chi connectivity index (χ4n) is 6.53. The smallest absolute Gasteiger partial charge is 0.391 e. The Kier molecular flexibility index (Phi) is 37.4. The largest absolute Gasteiger partial charge is 0.472 e. The number of hydrogen-bond acceptors (Lipinski definition) is 5. The highest BCUT2D eigenvalue weighted by Crippen LogP contribution is 2.43. The molecule has 324 valence electrons. The Labute approximate surface area is 340 Å². The number of phosphoric ester groups is 1. The van der Waals surface area contributed by atoms with Crippen LogP contribution >= 0.6 is 7.82 Å². The molecule has 0 saturated carbocycles. The number of aliphatic hydroxyl groups is 1. The van der Waals surface area contributed by atoms with Gasteiger partial charge in [-0.15, -0.1) is 0 Å². The molecule has 0 aromatic heterocycles. The van der Waals surface area contributed by atoms with Gasteiger partial charge < -0.3 is 19.8 Å². The summed E-state index contributed by atoms with van der Waals surface area (Å²) in [4.78, 5) is 23.2. The van der Waals surface area contributed by atoms with E-state index in [1.807, 2.05) is 21.1 Å². The number of phosphoric acid groups is 1. The Hall–Kier alpha value is -1.28. The summed E-state index contributed by atoms with van der Waals surface area (Å²) in [6, 6.07) is -0.765. The van der Waals surface area contributed by atoms with Crippen molar-refractivity contribution in [3.05, 3.63) is 36.5 Å². The summed E-state index contributed by atoms with van der Waals surface area (Å²) < 4.78 is 23.6. The van der Waals surface area contributed by atoms with Crippen LogP contribution in [0, 0.1) is 0 Å². The van der Waals surface area contributed by atoms with Gasteiger partial charge in [0.2, 0.25) is 5.91 Å². The van der Waals surface area contributed by atoms with Crippen molar-refractivity contribution >= 4 is 13.7 Å². The average molecular weight is 798 g/mol. The van der Waals surface area contributed by atoms with Gasteiger partial charge in [0.1, 0.15) is 13.2 Å². The molecular formula is C46H90N2O6P+. The zero-order valence-corrected chi connectivity index (χ0v) is 37.6. The third kappa shape index (κ3) is 40.7. The molecule has 0 rings (SSSR count). The van der Waals surface area contributed by atoms with Crippen LogP contribution in [-0.2, 0) is 18.4 Å². The third-order valence-corrected chi connectivity index (χ3v) is 11.1. The van der Waals surface area contributed by atoms with E-state index in [1.54, 1.807) is 0 Å². The SMILES string of the molecule is CC/C=C\C/C=C\C/C=C\CCCCCCCCCC(=O)NC(COP(=O)(O)OCC[N+](C)(C)C)C(O)CCCCCCCCCCCCCCCCCC. The highest BCUT2D eigenvalue weighted by molar-refractivity contribution is 7.47. The molecule has 0 radical (unpaired) electrons. The highest BCUT2D eigenvalue weighted by Gasteiger charge is 2.28. The molecule has 0 fully saturated rings. The first-order chi connectivity index (χ1) is 26.5. The molecular weight excluding hydrogens is 707 g/mol. The van der Waals surface area contributed by atoms with Crippen LogP contribution in [0.2, 0.25) is 0 Å². The van der Waals surface area contributed by atoms with E-state index in [1.165, 1.54) is 109 Å². The molecule has 0 saturated heterocycles. The summed E-state index contributed by atoms with van der Waals surface area (Å²) in [5.41, 5.74) is 0. The zero-order valence-electron chi connectivity index (χ0n) is 36.7. The first-order valence-electron chi connectivity index (χ1n) is 22.9. The van der Waals surface area contributed by atoms with E-state index in [2.05, 4.69) is 55.6 Å². The number of hydrogen-bond donors (Lipinski definition) is 3. The number of allylic oxidation sites excluding steroid dienone is 6. The van der Waals surface area contributed by atoms with Gasteiger partial charge in [0, 0.05) is 6.42 Å². The second-order valence-corrected chi connectivity index (χ2v) is 18.2. The lowest BCUT2D eigenvalue weighted by Gasteiger charge is -2.26. The number of carbonyl (C=O) groups is 1. The van der Waals surface area contributed by atoms with Crippen LogP contribution in [-0.4, -0.2) is 73.4 Å². The van der Waals surface area contributed by atoms with Gasteiger partial charge in [-0.25, -0.2) is 4.57 Å². The maximum absolute atomic E-state index is 12.9. The Bertz CT molecular complexity index is 995.